The summed E-state index contributed by atoms with van der Waals surface area (Å²) in [6.45, 7) is 7.23. The van der Waals surface area contributed by atoms with Crippen molar-refractivity contribution in [2.24, 2.45) is 0 Å². The maximum Gasteiger partial charge on any atom is 0.339 e. The van der Waals surface area contributed by atoms with Gasteiger partial charge in [-0.25, -0.2) is 9.59 Å². The highest BCUT2D eigenvalue weighted by atomic mass is 16.5. The second-order valence-corrected chi connectivity index (χ2v) is 10.2. The molecular weight excluding hydrogens is 460 g/mol. The molecule has 0 amide bonds. The van der Waals surface area contributed by atoms with Crippen molar-refractivity contribution in [1.29, 1.82) is 0 Å². The van der Waals surface area contributed by atoms with Crippen LogP contribution >= 0.6 is 0 Å². The molecule has 0 heterocycles. The smallest absolute Gasteiger partial charge is 0.339 e. The van der Waals surface area contributed by atoms with Crippen molar-refractivity contribution < 1.29 is 19.1 Å². The van der Waals surface area contributed by atoms with E-state index < -0.39 is 0 Å². The second-order valence-electron chi connectivity index (χ2n) is 10.2. The zero-order chi connectivity index (χ0) is 26.5. The van der Waals surface area contributed by atoms with Gasteiger partial charge in [0, 0.05) is 0 Å². The summed E-state index contributed by atoms with van der Waals surface area (Å²) in [4.78, 5) is 26.7. The van der Waals surface area contributed by atoms with Gasteiger partial charge in [-0.1, -0.05) is 126 Å². The molecule has 0 fully saturated rings. The minimum Gasteiger partial charge on any atom is -0.462 e. The lowest BCUT2D eigenvalue weighted by Crippen LogP contribution is -2.12. The topological polar surface area (TPSA) is 52.6 Å². The summed E-state index contributed by atoms with van der Waals surface area (Å²) in [6.07, 6.45) is 13.6. The normalized spacial score (nSPS) is 11.2. The lowest BCUT2D eigenvalue weighted by molar-refractivity contribution is 0.0489. The lowest BCUT2D eigenvalue weighted by Gasteiger charge is -2.16. The molecule has 0 aromatic heterocycles. The van der Waals surface area contributed by atoms with Crippen molar-refractivity contribution in [1.82, 2.24) is 0 Å². The number of rotatable bonds is 16. The first kappa shape index (κ1) is 28.7. The highest BCUT2D eigenvalue weighted by Gasteiger charge is 2.24. The van der Waals surface area contributed by atoms with E-state index in [0.29, 0.717) is 24.3 Å². The molecule has 0 aliphatic carbocycles. The number of carbonyl (C=O) groups excluding carboxylic acids is 2. The van der Waals surface area contributed by atoms with Gasteiger partial charge in [0.05, 0.1) is 24.3 Å². The quantitative estimate of drug-likeness (QED) is 0.111. The second kappa shape index (κ2) is 15.4. The van der Waals surface area contributed by atoms with Crippen molar-refractivity contribution >= 4 is 33.5 Å². The third-order valence-electron chi connectivity index (χ3n) is 7.05. The van der Waals surface area contributed by atoms with E-state index in [1.807, 2.05) is 49.4 Å². The van der Waals surface area contributed by atoms with Crippen LogP contribution in [0.15, 0.2) is 42.5 Å². The molecule has 0 radical (unpaired) electrons. The molecule has 4 heteroatoms. The van der Waals surface area contributed by atoms with Crippen molar-refractivity contribution in [3.63, 3.8) is 0 Å². The molecule has 3 aromatic carbocycles. The Morgan fingerprint density at radius 3 is 1.51 bits per heavy atom. The van der Waals surface area contributed by atoms with Gasteiger partial charge in [0.15, 0.2) is 0 Å². The maximum absolute atomic E-state index is 13.4. The number of hydrogen-bond donors (Lipinski definition) is 0. The van der Waals surface area contributed by atoms with Crippen molar-refractivity contribution in [3.8, 4) is 0 Å². The van der Waals surface area contributed by atoms with Crippen LogP contribution < -0.4 is 0 Å². The largest absolute Gasteiger partial charge is 0.462 e. The van der Waals surface area contributed by atoms with Crippen LogP contribution in [-0.2, 0) is 9.47 Å². The summed E-state index contributed by atoms with van der Waals surface area (Å²) in [7, 11) is 0. The molecule has 3 rings (SSSR count). The van der Waals surface area contributed by atoms with Crippen LogP contribution in [0.2, 0.25) is 0 Å². The zero-order valence-corrected chi connectivity index (χ0v) is 23.1. The standard InChI is InChI=1S/C33H44O4/c1-4-6-8-10-12-16-22-36-32(34)30-26-18-14-15-19-27(26)31(29-24-25(3)20-21-28(29)30)33(35)37-23-17-13-11-9-7-5-2/h14-15,18-21,24H,4-13,16-17,22-23H2,1-3H3. The fourth-order valence-corrected chi connectivity index (χ4v) is 4.97. The Bertz CT molecular complexity index is 1160. The van der Waals surface area contributed by atoms with Gasteiger partial charge in [-0.05, 0) is 41.3 Å². The first-order valence-corrected chi connectivity index (χ1v) is 14.4. The van der Waals surface area contributed by atoms with Crippen molar-refractivity contribution in [2.75, 3.05) is 13.2 Å². The van der Waals surface area contributed by atoms with E-state index in [1.54, 1.807) is 0 Å². The first-order chi connectivity index (χ1) is 18.1. The van der Waals surface area contributed by atoms with Crippen LogP contribution in [0.1, 0.15) is 117 Å². The maximum atomic E-state index is 13.4. The van der Waals surface area contributed by atoms with E-state index in [1.165, 1.54) is 51.4 Å². The lowest BCUT2D eigenvalue weighted by atomic mass is 9.91. The molecule has 3 aromatic rings. The third-order valence-corrected chi connectivity index (χ3v) is 7.05. The summed E-state index contributed by atoms with van der Waals surface area (Å²) in [5.74, 6) is -0.655. The highest BCUT2D eigenvalue weighted by Crippen LogP contribution is 2.34. The molecule has 200 valence electrons. The summed E-state index contributed by atoms with van der Waals surface area (Å²) >= 11 is 0. The molecule has 4 nitrogen and oxygen atoms in total. The van der Waals surface area contributed by atoms with Gasteiger partial charge in [0.2, 0.25) is 0 Å². The Labute approximate surface area is 222 Å². The number of hydrogen-bond acceptors (Lipinski definition) is 4. The van der Waals surface area contributed by atoms with Crippen LogP contribution in [0.4, 0.5) is 0 Å². The minimum absolute atomic E-state index is 0.327. The summed E-state index contributed by atoms with van der Waals surface area (Å²) in [5.41, 5.74) is 2.09. The van der Waals surface area contributed by atoms with Gasteiger partial charge in [0.25, 0.3) is 0 Å². The van der Waals surface area contributed by atoms with Crippen LogP contribution in [0.5, 0.6) is 0 Å². The van der Waals surface area contributed by atoms with Gasteiger partial charge >= 0.3 is 11.9 Å². The molecule has 0 saturated heterocycles. The van der Waals surface area contributed by atoms with Crippen LogP contribution in [0, 0.1) is 6.92 Å². The number of unbranched alkanes of at least 4 members (excludes halogenated alkanes) is 10. The Balaban J connectivity index is 1.82. The van der Waals surface area contributed by atoms with Gasteiger partial charge in [0.1, 0.15) is 0 Å². The predicted octanol–water partition coefficient (Wildman–Crippen LogP) is 9.34. The van der Waals surface area contributed by atoms with Gasteiger partial charge in [-0.2, -0.15) is 0 Å². The molecule has 0 N–H and O–H groups in total. The number of benzene rings is 3. The van der Waals surface area contributed by atoms with E-state index in [0.717, 1.165) is 52.8 Å². The minimum atomic E-state index is -0.328. The number of aryl methyl sites for hydroxylation is 1. The molecule has 0 saturated carbocycles. The van der Waals surface area contributed by atoms with Crippen molar-refractivity contribution in [3.05, 3.63) is 59.2 Å². The van der Waals surface area contributed by atoms with Crippen LogP contribution in [0.3, 0.4) is 0 Å². The number of carbonyl (C=O) groups is 2. The average Bonchev–Trinajstić information content (AvgIpc) is 2.90. The Kier molecular flexibility index (Phi) is 11.9. The molecule has 0 aliphatic heterocycles. The predicted molar refractivity (Wildman–Crippen MR) is 154 cm³/mol. The fourth-order valence-electron chi connectivity index (χ4n) is 4.97. The van der Waals surface area contributed by atoms with Gasteiger partial charge in [-0.3, -0.25) is 0 Å². The molecule has 0 bridgehead atoms. The molecule has 0 spiro atoms. The zero-order valence-electron chi connectivity index (χ0n) is 23.1. The van der Waals surface area contributed by atoms with E-state index in [4.69, 9.17) is 9.47 Å². The first-order valence-electron chi connectivity index (χ1n) is 14.4. The number of esters is 2. The Hall–Kier alpha value is -2.88. The van der Waals surface area contributed by atoms with Gasteiger partial charge in [-0.15, -0.1) is 0 Å². The number of fused-ring (bicyclic) bond motifs is 2. The molecule has 37 heavy (non-hydrogen) atoms. The third kappa shape index (κ3) is 8.05. The summed E-state index contributed by atoms with van der Waals surface area (Å²) < 4.78 is 11.5. The molecule has 0 unspecified atom stereocenters. The Morgan fingerprint density at radius 1 is 0.568 bits per heavy atom. The van der Waals surface area contributed by atoms with E-state index in [9.17, 15) is 9.59 Å². The SMILES string of the molecule is CCCCCCCCOC(=O)c1c2ccccc2c(C(=O)OCCCCCCCC)c2cc(C)ccc12. The van der Waals surface area contributed by atoms with Crippen LogP contribution in [-0.4, -0.2) is 25.2 Å². The Morgan fingerprint density at radius 2 is 1.00 bits per heavy atom. The highest BCUT2D eigenvalue weighted by molar-refractivity contribution is 6.24. The van der Waals surface area contributed by atoms with Crippen molar-refractivity contribution in [2.45, 2.75) is 97.8 Å². The number of ether oxygens (including phenoxy) is 2. The average molecular weight is 505 g/mol. The summed E-state index contributed by atoms with van der Waals surface area (Å²) in [5, 5.41) is 2.96. The van der Waals surface area contributed by atoms with E-state index in [-0.39, 0.29) is 11.9 Å². The van der Waals surface area contributed by atoms with E-state index in [2.05, 4.69) is 13.8 Å². The molecule has 0 atom stereocenters. The monoisotopic (exact) mass is 504 g/mol. The van der Waals surface area contributed by atoms with Gasteiger partial charge < -0.3 is 9.47 Å². The fraction of sp³-hybridized carbons (Fsp3) is 0.515. The summed E-state index contributed by atoms with van der Waals surface area (Å²) in [6, 6.07) is 13.5. The van der Waals surface area contributed by atoms with E-state index >= 15 is 0 Å². The molecule has 0 aliphatic rings. The van der Waals surface area contributed by atoms with Crippen LogP contribution in [0.25, 0.3) is 21.5 Å². The molecular formula is C33H44O4.